The highest BCUT2D eigenvalue weighted by molar-refractivity contribution is 5.45. The normalized spacial score (nSPS) is 27.6. The summed E-state index contributed by atoms with van der Waals surface area (Å²) in [5, 5.41) is 14.1. The van der Waals surface area contributed by atoms with Crippen LogP contribution in [0.25, 0.3) is 0 Å². The molecule has 0 aromatic heterocycles. The summed E-state index contributed by atoms with van der Waals surface area (Å²) in [5.74, 6) is 2.06. The van der Waals surface area contributed by atoms with Crippen molar-refractivity contribution in [3.63, 3.8) is 0 Å². The first-order chi connectivity index (χ1) is 14.8. The van der Waals surface area contributed by atoms with E-state index in [0.29, 0.717) is 24.1 Å². The first-order valence-electron chi connectivity index (χ1n) is 12.0. The van der Waals surface area contributed by atoms with Crippen molar-refractivity contribution in [2.75, 3.05) is 13.7 Å². The number of phenolic OH excluding ortho intramolecular Hbond substituents is 1. The lowest BCUT2D eigenvalue weighted by atomic mass is 9.49. The van der Waals surface area contributed by atoms with Crippen molar-refractivity contribution in [3.05, 3.63) is 58.7 Å². The van der Waals surface area contributed by atoms with E-state index in [2.05, 4.69) is 51.2 Å². The Hall–Kier alpha value is -2.00. The van der Waals surface area contributed by atoms with Crippen molar-refractivity contribution in [1.82, 2.24) is 5.32 Å². The summed E-state index contributed by atoms with van der Waals surface area (Å²) in [7, 11) is 1.60. The Balaban J connectivity index is 1.52. The smallest absolute Gasteiger partial charge is 0.162 e. The van der Waals surface area contributed by atoms with Gasteiger partial charge in [-0.25, -0.2) is 0 Å². The van der Waals surface area contributed by atoms with E-state index in [4.69, 9.17) is 4.74 Å². The number of rotatable bonds is 6. The number of phenols is 1. The van der Waals surface area contributed by atoms with Gasteiger partial charge in [-0.05, 0) is 71.1 Å². The van der Waals surface area contributed by atoms with Gasteiger partial charge in [0.15, 0.2) is 11.5 Å². The third-order valence-electron chi connectivity index (χ3n) is 8.31. The van der Waals surface area contributed by atoms with Crippen LogP contribution in [0, 0.1) is 11.3 Å². The summed E-state index contributed by atoms with van der Waals surface area (Å²) >= 11 is 0. The lowest BCUT2D eigenvalue weighted by Gasteiger charge is -2.55. The van der Waals surface area contributed by atoms with E-state index in [9.17, 15) is 5.11 Å². The molecule has 2 aromatic rings. The summed E-state index contributed by atoms with van der Waals surface area (Å²) in [5.41, 5.74) is 6.08. The standard InChI is InChI=1S/C28H39NO2/c1-19(2)20-10-12-23-21(16-20)11-13-25-27(3,14-7-15-28(23,25)4)18-29-17-22-8-6-9-24(31-5)26(22)30/h6,8-10,12,16,19,25,29-30H,7,11,13-15,17-18H2,1-5H3/t25-,27-,28+/m1/s1. The zero-order valence-corrected chi connectivity index (χ0v) is 19.9. The van der Waals surface area contributed by atoms with Gasteiger partial charge in [0.05, 0.1) is 7.11 Å². The second-order valence-electron chi connectivity index (χ2n) is 10.7. The van der Waals surface area contributed by atoms with Crippen LogP contribution in [0.2, 0.25) is 0 Å². The molecule has 2 aromatic carbocycles. The van der Waals surface area contributed by atoms with Gasteiger partial charge >= 0.3 is 0 Å². The van der Waals surface area contributed by atoms with E-state index in [1.54, 1.807) is 24.3 Å². The van der Waals surface area contributed by atoms with Gasteiger partial charge in [0.25, 0.3) is 0 Å². The molecule has 0 spiro atoms. The van der Waals surface area contributed by atoms with Gasteiger partial charge in [0.1, 0.15) is 0 Å². The Labute approximate surface area is 188 Å². The molecule has 0 heterocycles. The summed E-state index contributed by atoms with van der Waals surface area (Å²) in [6.07, 6.45) is 6.30. The van der Waals surface area contributed by atoms with Gasteiger partial charge in [-0.1, -0.05) is 64.4 Å². The minimum absolute atomic E-state index is 0.253. The first-order valence-corrected chi connectivity index (χ1v) is 12.0. The topological polar surface area (TPSA) is 41.5 Å². The Morgan fingerprint density at radius 2 is 1.97 bits per heavy atom. The fourth-order valence-corrected chi connectivity index (χ4v) is 6.57. The Bertz CT molecular complexity index is 937. The van der Waals surface area contributed by atoms with Crippen molar-refractivity contribution in [1.29, 1.82) is 0 Å². The summed E-state index contributed by atoms with van der Waals surface area (Å²) in [4.78, 5) is 0. The van der Waals surface area contributed by atoms with Crippen molar-refractivity contribution in [2.24, 2.45) is 11.3 Å². The minimum Gasteiger partial charge on any atom is -0.504 e. The highest BCUT2D eigenvalue weighted by atomic mass is 16.5. The average molecular weight is 422 g/mol. The predicted octanol–water partition coefficient (Wildman–Crippen LogP) is 6.32. The monoisotopic (exact) mass is 421 g/mol. The number of benzene rings is 2. The molecule has 168 valence electrons. The maximum atomic E-state index is 10.4. The number of para-hydroxylation sites is 1. The largest absolute Gasteiger partial charge is 0.504 e. The van der Waals surface area contributed by atoms with Gasteiger partial charge in [-0.15, -0.1) is 0 Å². The van der Waals surface area contributed by atoms with Gasteiger partial charge in [0, 0.05) is 18.7 Å². The predicted molar refractivity (Wildman–Crippen MR) is 128 cm³/mol. The number of ether oxygens (including phenoxy) is 1. The summed E-state index contributed by atoms with van der Waals surface area (Å²) in [6, 6.07) is 13.0. The minimum atomic E-state index is 0.253. The van der Waals surface area contributed by atoms with Crippen LogP contribution in [0.1, 0.15) is 81.5 Å². The molecule has 1 saturated carbocycles. The number of hydrogen-bond donors (Lipinski definition) is 2. The van der Waals surface area contributed by atoms with E-state index < -0.39 is 0 Å². The van der Waals surface area contributed by atoms with Gasteiger partial charge < -0.3 is 15.2 Å². The Morgan fingerprint density at radius 1 is 1.16 bits per heavy atom. The zero-order chi connectivity index (χ0) is 22.2. The van der Waals surface area contributed by atoms with E-state index in [-0.39, 0.29) is 16.6 Å². The van der Waals surface area contributed by atoms with Gasteiger partial charge in [-0.2, -0.15) is 0 Å². The van der Waals surface area contributed by atoms with Crippen LogP contribution in [-0.2, 0) is 18.4 Å². The SMILES string of the molecule is COc1cccc(CNC[C@@]2(C)CCC[C@@]3(C)c4ccc(C(C)C)cc4CC[C@H]23)c1O. The Morgan fingerprint density at radius 3 is 2.71 bits per heavy atom. The highest BCUT2D eigenvalue weighted by Crippen LogP contribution is 2.57. The molecular formula is C28H39NO2. The molecule has 0 saturated heterocycles. The Kier molecular flexibility index (Phi) is 6.09. The van der Waals surface area contributed by atoms with Crippen molar-refractivity contribution in [3.8, 4) is 11.5 Å². The number of hydrogen-bond acceptors (Lipinski definition) is 3. The molecule has 0 unspecified atom stereocenters. The van der Waals surface area contributed by atoms with E-state index in [1.165, 1.54) is 37.7 Å². The second-order valence-corrected chi connectivity index (χ2v) is 10.7. The molecule has 2 N–H and O–H groups in total. The number of aromatic hydroxyl groups is 1. The molecule has 3 heteroatoms. The van der Waals surface area contributed by atoms with Crippen molar-refractivity contribution < 1.29 is 9.84 Å². The third-order valence-corrected chi connectivity index (χ3v) is 8.31. The molecule has 0 bridgehead atoms. The summed E-state index contributed by atoms with van der Waals surface area (Å²) < 4.78 is 5.26. The van der Waals surface area contributed by atoms with Crippen molar-refractivity contribution >= 4 is 0 Å². The van der Waals surface area contributed by atoms with Crippen LogP contribution < -0.4 is 10.1 Å². The molecular weight excluding hydrogens is 382 g/mol. The molecule has 0 radical (unpaired) electrons. The first kappa shape index (κ1) is 22.2. The number of fused-ring (bicyclic) bond motifs is 3. The van der Waals surface area contributed by atoms with Gasteiger partial charge in [-0.3, -0.25) is 0 Å². The summed E-state index contributed by atoms with van der Waals surface area (Å²) in [6.45, 7) is 11.2. The van der Waals surface area contributed by atoms with Crippen LogP contribution in [0.15, 0.2) is 36.4 Å². The molecule has 0 aliphatic heterocycles. The molecule has 1 fully saturated rings. The quantitative estimate of drug-likeness (QED) is 0.573. The number of nitrogens with one attached hydrogen (secondary N) is 1. The fourth-order valence-electron chi connectivity index (χ4n) is 6.57. The molecule has 3 atom stereocenters. The third kappa shape index (κ3) is 3.98. The van der Waals surface area contributed by atoms with E-state index >= 15 is 0 Å². The molecule has 3 nitrogen and oxygen atoms in total. The van der Waals surface area contributed by atoms with E-state index in [1.807, 2.05) is 12.1 Å². The molecule has 2 aliphatic rings. The maximum absolute atomic E-state index is 10.4. The maximum Gasteiger partial charge on any atom is 0.162 e. The number of aryl methyl sites for hydroxylation is 1. The van der Waals surface area contributed by atoms with Crippen LogP contribution in [0.4, 0.5) is 0 Å². The second kappa shape index (κ2) is 8.50. The molecule has 31 heavy (non-hydrogen) atoms. The van der Waals surface area contributed by atoms with Gasteiger partial charge in [0.2, 0.25) is 0 Å². The molecule has 0 amide bonds. The van der Waals surface area contributed by atoms with Crippen LogP contribution in [0.5, 0.6) is 11.5 Å². The highest BCUT2D eigenvalue weighted by Gasteiger charge is 2.51. The van der Waals surface area contributed by atoms with E-state index in [0.717, 1.165) is 12.1 Å². The molecule has 4 rings (SSSR count). The molecule has 2 aliphatic carbocycles. The lowest BCUT2D eigenvalue weighted by Crippen LogP contribution is -2.52. The fraction of sp³-hybridized carbons (Fsp3) is 0.571. The van der Waals surface area contributed by atoms with Crippen molar-refractivity contribution in [2.45, 2.75) is 77.7 Å². The van der Waals surface area contributed by atoms with Crippen LogP contribution in [0.3, 0.4) is 0 Å². The zero-order valence-electron chi connectivity index (χ0n) is 19.9. The van der Waals surface area contributed by atoms with Crippen LogP contribution in [-0.4, -0.2) is 18.8 Å². The average Bonchev–Trinajstić information content (AvgIpc) is 2.74. The number of methoxy groups -OCH3 is 1. The van der Waals surface area contributed by atoms with Crippen LogP contribution >= 0.6 is 0 Å². The lowest BCUT2D eigenvalue weighted by molar-refractivity contribution is 0.0256.